The van der Waals surface area contributed by atoms with Gasteiger partial charge in [-0.25, -0.2) is 14.8 Å². The lowest BCUT2D eigenvalue weighted by molar-refractivity contribution is -0.120. The van der Waals surface area contributed by atoms with E-state index in [1.165, 1.54) is 0 Å². The Morgan fingerprint density at radius 1 is 1.33 bits per heavy atom. The highest BCUT2D eigenvalue weighted by atomic mass is 32.2. The van der Waals surface area contributed by atoms with Crippen LogP contribution in [0.1, 0.15) is 48.6 Å². The molecule has 0 bridgehead atoms. The Hall–Kier alpha value is -1.63. The van der Waals surface area contributed by atoms with Crippen molar-refractivity contribution in [2.24, 2.45) is 0 Å². The van der Waals surface area contributed by atoms with Gasteiger partial charge in [-0.05, 0) is 27.2 Å². The summed E-state index contributed by atoms with van der Waals surface area (Å²) in [5.74, 6) is -0.689. The number of rotatable bonds is 7. The monoisotopic (exact) mass is 311 g/mol. The van der Waals surface area contributed by atoms with Crippen LogP contribution in [0, 0.1) is 13.8 Å². The van der Waals surface area contributed by atoms with E-state index in [9.17, 15) is 14.7 Å². The predicted octanol–water partition coefficient (Wildman–Crippen LogP) is 2.19. The third-order valence-corrected chi connectivity index (χ3v) is 3.96. The number of hydrogen-bond acceptors (Lipinski definition) is 5. The number of aromatic nitrogens is 2. The van der Waals surface area contributed by atoms with Gasteiger partial charge in [0, 0.05) is 6.54 Å². The van der Waals surface area contributed by atoms with Crippen LogP contribution in [0.3, 0.4) is 0 Å². The molecule has 2 N–H and O–H groups in total. The molecule has 0 radical (unpaired) electrons. The van der Waals surface area contributed by atoms with Crippen LogP contribution in [-0.4, -0.2) is 38.7 Å². The summed E-state index contributed by atoms with van der Waals surface area (Å²) >= 11 is 1.15. The average Bonchev–Trinajstić information content (AvgIpc) is 2.37. The molecule has 1 rings (SSSR count). The number of carboxylic acids is 1. The smallest absolute Gasteiger partial charge is 0.340 e. The Labute approximate surface area is 128 Å². The first-order valence-corrected chi connectivity index (χ1v) is 7.77. The third-order valence-electron chi connectivity index (χ3n) is 2.87. The lowest BCUT2D eigenvalue weighted by atomic mass is 10.2. The summed E-state index contributed by atoms with van der Waals surface area (Å²) in [4.78, 5) is 31.5. The van der Waals surface area contributed by atoms with Gasteiger partial charge in [-0.2, -0.15) is 0 Å². The first kappa shape index (κ1) is 17.4. The SMILES string of the molecule is CCCCNC(=O)C(C)Sc1nc(C)nc(C)c1C(=O)O. The third kappa shape index (κ3) is 5.00. The van der Waals surface area contributed by atoms with Crippen molar-refractivity contribution >= 4 is 23.6 Å². The van der Waals surface area contributed by atoms with Gasteiger partial charge in [-0.1, -0.05) is 25.1 Å². The Morgan fingerprint density at radius 3 is 2.57 bits per heavy atom. The fourth-order valence-corrected chi connectivity index (χ4v) is 2.83. The van der Waals surface area contributed by atoms with Crippen LogP contribution < -0.4 is 5.32 Å². The van der Waals surface area contributed by atoms with Crippen molar-refractivity contribution in [1.29, 1.82) is 0 Å². The summed E-state index contributed by atoms with van der Waals surface area (Å²) in [6, 6.07) is 0. The molecular weight excluding hydrogens is 290 g/mol. The topological polar surface area (TPSA) is 92.2 Å². The van der Waals surface area contributed by atoms with Crippen molar-refractivity contribution in [2.75, 3.05) is 6.54 Å². The lowest BCUT2D eigenvalue weighted by Gasteiger charge is -2.13. The van der Waals surface area contributed by atoms with Gasteiger partial charge < -0.3 is 10.4 Å². The van der Waals surface area contributed by atoms with Gasteiger partial charge in [0.2, 0.25) is 5.91 Å². The highest BCUT2D eigenvalue weighted by Gasteiger charge is 2.22. The van der Waals surface area contributed by atoms with Crippen molar-refractivity contribution in [3.63, 3.8) is 0 Å². The summed E-state index contributed by atoms with van der Waals surface area (Å²) in [5, 5.41) is 12.0. The number of unbranched alkanes of at least 4 members (excludes halogenated alkanes) is 1. The van der Waals surface area contributed by atoms with Crippen molar-refractivity contribution < 1.29 is 14.7 Å². The molecule has 0 aliphatic carbocycles. The number of nitrogens with zero attached hydrogens (tertiary/aromatic N) is 2. The number of nitrogens with one attached hydrogen (secondary N) is 1. The molecule has 1 aromatic rings. The molecular formula is C14H21N3O3S. The van der Waals surface area contributed by atoms with Gasteiger partial charge in [0.1, 0.15) is 16.4 Å². The zero-order valence-corrected chi connectivity index (χ0v) is 13.6. The number of thioether (sulfide) groups is 1. The molecule has 1 unspecified atom stereocenters. The van der Waals surface area contributed by atoms with Gasteiger partial charge >= 0.3 is 5.97 Å². The molecule has 21 heavy (non-hydrogen) atoms. The van der Waals surface area contributed by atoms with Gasteiger partial charge in [-0.3, -0.25) is 4.79 Å². The molecule has 1 heterocycles. The molecule has 1 aromatic heterocycles. The van der Waals surface area contributed by atoms with E-state index < -0.39 is 11.2 Å². The first-order valence-electron chi connectivity index (χ1n) is 6.89. The van der Waals surface area contributed by atoms with Crippen LogP contribution in [0.4, 0.5) is 0 Å². The average molecular weight is 311 g/mol. The maximum atomic E-state index is 12.0. The summed E-state index contributed by atoms with van der Waals surface area (Å²) in [7, 11) is 0. The zero-order valence-electron chi connectivity index (χ0n) is 12.8. The zero-order chi connectivity index (χ0) is 16.0. The highest BCUT2D eigenvalue weighted by molar-refractivity contribution is 8.00. The van der Waals surface area contributed by atoms with E-state index in [4.69, 9.17) is 0 Å². The molecule has 0 fully saturated rings. The standard InChI is InChI=1S/C14H21N3O3S/c1-5-6-7-15-12(18)9(3)21-13-11(14(19)20)8(2)16-10(4)17-13/h9H,5-7H2,1-4H3,(H,15,18)(H,19,20). The van der Waals surface area contributed by atoms with Gasteiger partial charge in [0.05, 0.1) is 10.9 Å². The number of carboxylic acid groups (broad SMARTS) is 1. The Bertz CT molecular complexity index is 534. The second-order valence-electron chi connectivity index (χ2n) is 4.75. The summed E-state index contributed by atoms with van der Waals surface area (Å²) < 4.78 is 0. The van der Waals surface area contributed by atoms with Crippen LogP contribution in [0.25, 0.3) is 0 Å². The van der Waals surface area contributed by atoms with E-state index in [2.05, 4.69) is 22.2 Å². The van der Waals surface area contributed by atoms with Crippen molar-refractivity contribution in [3.05, 3.63) is 17.1 Å². The molecule has 0 aliphatic rings. The second kappa shape index (κ2) is 7.97. The summed E-state index contributed by atoms with van der Waals surface area (Å²) in [6.45, 7) is 7.76. The van der Waals surface area contributed by atoms with Gasteiger partial charge in [0.25, 0.3) is 0 Å². The van der Waals surface area contributed by atoms with Crippen molar-refractivity contribution in [2.45, 2.75) is 50.8 Å². The van der Waals surface area contributed by atoms with Gasteiger partial charge in [0.15, 0.2) is 0 Å². The molecule has 0 aromatic carbocycles. The number of aromatic carboxylic acids is 1. The number of carbonyl (C=O) groups is 2. The summed E-state index contributed by atoms with van der Waals surface area (Å²) in [5.41, 5.74) is 0.481. The highest BCUT2D eigenvalue weighted by Crippen LogP contribution is 2.26. The number of hydrogen-bond donors (Lipinski definition) is 2. The number of aryl methyl sites for hydroxylation is 2. The van der Waals surface area contributed by atoms with Crippen LogP contribution in [0.2, 0.25) is 0 Å². The first-order chi connectivity index (χ1) is 9.86. The van der Waals surface area contributed by atoms with Crippen LogP contribution in [-0.2, 0) is 4.79 Å². The van der Waals surface area contributed by atoms with E-state index in [1.54, 1.807) is 20.8 Å². The molecule has 0 saturated carbocycles. The van der Waals surface area contributed by atoms with E-state index >= 15 is 0 Å². The normalized spacial score (nSPS) is 12.0. The minimum Gasteiger partial charge on any atom is -0.478 e. The van der Waals surface area contributed by atoms with E-state index in [-0.39, 0.29) is 11.5 Å². The fourth-order valence-electron chi connectivity index (χ4n) is 1.77. The molecule has 0 spiro atoms. The molecule has 1 amide bonds. The van der Waals surface area contributed by atoms with E-state index in [0.29, 0.717) is 23.1 Å². The van der Waals surface area contributed by atoms with Crippen LogP contribution >= 0.6 is 11.8 Å². The Balaban J connectivity index is 2.86. The Kier molecular flexibility index (Phi) is 6.61. The minimum atomic E-state index is -1.08. The van der Waals surface area contributed by atoms with Crippen molar-refractivity contribution in [3.8, 4) is 0 Å². The van der Waals surface area contributed by atoms with Crippen molar-refractivity contribution in [1.82, 2.24) is 15.3 Å². The Morgan fingerprint density at radius 2 is 2.00 bits per heavy atom. The number of amides is 1. The quantitative estimate of drug-likeness (QED) is 0.455. The van der Waals surface area contributed by atoms with Gasteiger partial charge in [-0.15, -0.1) is 0 Å². The van der Waals surface area contributed by atoms with E-state index in [1.807, 2.05) is 0 Å². The van der Waals surface area contributed by atoms with Crippen LogP contribution in [0.15, 0.2) is 5.03 Å². The molecule has 0 saturated heterocycles. The number of carbonyl (C=O) groups excluding carboxylic acids is 1. The molecule has 116 valence electrons. The fraction of sp³-hybridized carbons (Fsp3) is 0.571. The molecule has 0 aliphatic heterocycles. The molecule has 6 nitrogen and oxygen atoms in total. The summed E-state index contributed by atoms with van der Waals surface area (Å²) in [6.07, 6.45) is 1.94. The minimum absolute atomic E-state index is 0.0683. The second-order valence-corrected chi connectivity index (χ2v) is 6.08. The predicted molar refractivity (Wildman–Crippen MR) is 81.7 cm³/mol. The van der Waals surface area contributed by atoms with E-state index in [0.717, 1.165) is 24.6 Å². The maximum Gasteiger partial charge on any atom is 0.340 e. The molecule has 7 heteroatoms. The van der Waals surface area contributed by atoms with Crippen LogP contribution in [0.5, 0.6) is 0 Å². The largest absolute Gasteiger partial charge is 0.478 e. The molecule has 1 atom stereocenters. The maximum absolute atomic E-state index is 12.0. The lowest BCUT2D eigenvalue weighted by Crippen LogP contribution is -2.31.